The van der Waals surface area contributed by atoms with Gasteiger partial charge in [-0.25, -0.2) is 0 Å². The van der Waals surface area contributed by atoms with Crippen molar-refractivity contribution in [1.82, 2.24) is 0 Å². The van der Waals surface area contributed by atoms with Crippen molar-refractivity contribution < 1.29 is 4.47 Å². The van der Waals surface area contributed by atoms with Crippen LogP contribution in [0.15, 0.2) is 5.34 Å². The molecule has 0 aromatic rings. The molecule has 1 aliphatic heterocycles. The Hall–Kier alpha value is -0.600. The van der Waals surface area contributed by atoms with Gasteiger partial charge in [-0.2, -0.15) is 0 Å². The lowest BCUT2D eigenvalue weighted by molar-refractivity contribution is 0.0842. The predicted molar refractivity (Wildman–Crippen MR) is 16.6 cm³/mol. The molecule has 0 atom stereocenters. The van der Waals surface area contributed by atoms with Gasteiger partial charge in [-0.3, -0.25) is 0 Å². The van der Waals surface area contributed by atoms with Crippen LogP contribution in [-0.4, -0.2) is 13.2 Å². The molecule has 0 spiro atoms. The van der Waals surface area contributed by atoms with Gasteiger partial charge in [-0.05, 0) is 0 Å². The first kappa shape index (κ1) is 2.63. The van der Waals surface area contributed by atoms with E-state index >= 15 is 0 Å². The van der Waals surface area contributed by atoms with Gasteiger partial charge in [0.05, 0.1) is 0 Å². The Morgan fingerprint density at radius 1 is 1.60 bits per heavy atom. The van der Waals surface area contributed by atoms with Gasteiger partial charge in [0, 0.05) is 0 Å². The first-order valence-corrected chi connectivity index (χ1v) is 1.44. The number of hydrogen-bond donors (Lipinski definition) is 0. The summed E-state index contributed by atoms with van der Waals surface area (Å²) in [5, 5.41) is 2.50. The summed E-state index contributed by atoms with van der Waals surface area (Å²) in [5.41, 5.74) is 0. The van der Waals surface area contributed by atoms with E-state index in [1.165, 1.54) is 0 Å². The van der Waals surface area contributed by atoms with Crippen LogP contribution in [0.2, 0.25) is 0 Å². The van der Waals surface area contributed by atoms with Crippen molar-refractivity contribution in [1.29, 1.82) is 0 Å². The van der Waals surface area contributed by atoms with Gasteiger partial charge in [0.1, 0.15) is 0 Å². The summed E-state index contributed by atoms with van der Waals surface area (Å²) in [6, 6.07) is 0. The summed E-state index contributed by atoms with van der Waals surface area (Å²) < 4.78 is 2.06. The van der Waals surface area contributed by atoms with Crippen molar-refractivity contribution in [2.24, 2.45) is 5.34 Å². The Morgan fingerprint density at radius 3 is 2.20 bits per heavy atom. The molecule has 1 heterocycles. The van der Waals surface area contributed by atoms with Gasteiger partial charge >= 0.3 is 5.34 Å². The minimum Gasteiger partial charge on any atom is -0.431 e. The van der Waals surface area contributed by atoms with E-state index < -0.39 is 0 Å². The number of rotatable bonds is 1. The highest BCUT2D eigenvalue weighted by molar-refractivity contribution is 4.48. The third-order valence-electron chi connectivity index (χ3n) is 0.492. The van der Waals surface area contributed by atoms with Crippen molar-refractivity contribution in [3.8, 4) is 0 Å². The molecule has 0 bridgehead atoms. The smallest absolute Gasteiger partial charge is 0.386 e. The third kappa shape index (κ3) is 0.344. The zero-order chi connectivity index (χ0) is 3.70. The summed E-state index contributed by atoms with van der Waals surface area (Å²) >= 11 is 0. The van der Waals surface area contributed by atoms with Crippen LogP contribution in [0.3, 0.4) is 0 Å². The van der Waals surface area contributed by atoms with Gasteiger partial charge in [0.25, 0.3) is 0 Å². The maximum Gasteiger partial charge on any atom is 0.386 e. The highest BCUT2D eigenvalue weighted by Gasteiger charge is 2.20. The Morgan fingerprint density at radius 2 is 2.20 bits per heavy atom. The van der Waals surface area contributed by atoms with E-state index in [0.29, 0.717) is 0 Å². The molecule has 1 aliphatic rings. The van der Waals surface area contributed by atoms with Crippen LogP contribution < -0.4 is 0 Å². The third-order valence-corrected chi connectivity index (χ3v) is 0.492. The second kappa shape index (κ2) is 0.672. The molecular formula is C2H4NO2+. The molecule has 3 nitrogen and oxygen atoms in total. The lowest BCUT2D eigenvalue weighted by Gasteiger charge is -1.68. The average Bonchev–Trinajstić information content (AvgIpc) is 2.12. The second-order valence-electron chi connectivity index (χ2n) is 0.945. The predicted octanol–water partition coefficient (Wildman–Crippen LogP) is 0.234. The molecule has 0 radical (unpaired) electrons. The zero-order valence-corrected chi connectivity index (χ0v) is 2.68. The van der Waals surface area contributed by atoms with Crippen LogP contribution in [0.4, 0.5) is 0 Å². The molecule has 0 aliphatic carbocycles. The van der Waals surface area contributed by atoms with Crippen LogP contribution in [-0.2, 0) is 4.47 Å². The molecule has 1 rings (SSSR count). The van der Waals surface area contributed by atoms with Crippen molar-refractivity contribution in [3.63, 3.8) is 0 Å². The first-order chi connectivity index (χ1) is 2.43. The molecule has 28 valence electrons. The van der Waals surface area contributed by atoms with Crippen molar-refractivity contribution in [2.45, 2.75) is 0 Å². The van der Waals surface area contributed by atoms with E-state index in [2.05, 4.69) is 9.81 Å². The standard InChI is InChI=1S/C2H4NO2/c4-3-5-1-2-5/h1-2H2/q+1. The number of nitrogens with zero attached hydrogens (tertiary/aromatic N) is 1. The molecule has 1 fully saturated rings. The highest BCUT2D eigenvalue weighted by Crippen LogP contribution is 2.09. The summed E-state index contributed by atoms with van der Waals surface area (Å²) in [6.45, 7) is 1.56. The minimum atomic E-state index is 0.781. The monoisotopic (exact) mass is 74.0 g/mol. The normalized spacial score (nSPS) is 18.8. The summed E-state index contributed by atoms with van der Waals surface area (Å²) in [4.78, 5) is 9.21. The molecule has 0 saturated carbocycles. The Labute approximate surface area is 29.2 Å². The Bertz CT molecular complexity index is 49.6. The molecular weight excluding hydrogens is 70.0 g/mol. The highest BCUT2D eigenvalue weighted by atomic mass is 16.9. The molecule has 5 heavy (non-hydrogen) atoms. The van der Waals surface area contributed by atoms with Crippen LogP contribution >= 0.6 is 0 Å². The molecule has 3 heteroatoms. The van der Waals surface area contributed by atoms with E-state index in [9.17, 15) is 4.91 Å². The van der Waals surface area contributed by atoms with Gasteiger partial charge < -0.3 is 4.47 Å². The molecule has 1 saturated heterocycles. The lowest BCUT2D eigenvalue weighted by atomic mass is 11.0. The molecule has 0 aromatic heterocycles. The largest absolute Gasteiger partial charge is 0.431 e. The van der Waals surface area contributed by atoms with E-state index in [0.717, 1.165) is 13.2 Å². The van der Waals surface area contributed by atoms with Crippen molar-refractivity contribution in [3.05, 3.63) is 4.91 Å². The fourth-order valence-corrected chi connectivity index (χ4v) is 0.112. The van der Waals surface area contributed by atoms with Gasteiger partial charge in [-0.1, -0.05) is 0 Å². The fraction of sp³-hybridized carbons (Fsp3) is 1.00. The molecule has 0 aromatic carbocycles. The van der Waals surface area contributed by atoms with Gasteiger partial charge in [-0.15, -0.1) is 0 Å². The number of epoxide rings is 1. The van der Waals surface area contributed by atoms with E-state index in [4.69, 9.17) is 0 Å². The molecule has 0 amide bonds. The van der Waals surface area contributed by atoms with E-state index in [-0.39, 0.29) is 0 Å². The summed E-state index contributed by atoms with van der Waals surface area (Å²) in [6.07, 6.45) is 0. The Balaban J connectivity index is 2.21. The maximum absolute atomic E-state index is 9.21. The van der Waals surface area contributed by atoms with Crippen LogP contribution in [0.25, 0.3) is 0 Å². The molecule has 0 N–H and O–H groups in total. The SMILES string of the molecule is O=N[O+]1CC1. The van der Waals surface area contributed by atoms with Crippen LogP contribution in [0, 0.1) is 4.91 Å². The zero-order valence-electron chi connectivity index (χ0n) is 2.68. The fourth-order valence-electron chi connectivity index (χ4n) is 0.112. The van der Waals surface area contributed by atoms with Crippen molar-refractivity contribution in [2.75, 3.05) is 13.2 Å². The van der Waals surface area contributed by atoms with Crippen LogP contribution in [0.5, 0.6) is 0 Å². The van der Waals surface area contributed by atoms with Gasteiger partial charge in [0.15, 0.2) is 13.2 Å². The topological polar surface area (TPSA) is 32.1 Å². The van der Waals surface area contributed by atoms with Crippen molar-refractivity contribution >= 4 is 0 Å². The van der Waals surface area contributed by atoms with E-state index in [1.54, 1.807) is 0 Å². The first-order valence-electron chi connectivity index (χ1n) is 1.44. The summed E-state index contributed by atoms with van der Waals surface area (Å²) in [5.74, 6) is 0. The quantitative estimate of drug-likeness (QED) is 0.249. The Kier molecular flexibility index (Phi) is 0.353. The average molecular weight is 74.1 g/mol. The minimum absolute atomic E-state index is 0.781. The van der Waals surface area contributed by atoms with Crippen LogP contribution in [0.1, 0.15) is 0 Å². The summed E-state index contributed by atoms with van der Waals surface area (Å²) in [7, 11) is 0. The van der Waals surface area contributed by atoms with E-state index in [1.807, 2.05) is 0 Å². The lowest BCUT2D eigenvalue weighted by Crippen LogP contribution is -1.59. The molecule has 0 unspecified atom stereocenters. The van der Waals surface area contributed by atoms with Gasteiger partial charge in [0.2, 0.25) is 4.91 Å². The second-order valence-corrected chi connectivity index (χ2v) is 0.945. The number of hydrogen-bond acceptors (Lipinski definition) is 2. The maximum atomic E-state index is 9.21.